The van der Waals surface area contributed by atoms with Crippen LogP contribution in [0.3, 0.4) is 0 Å². The van der Waals surface area contributed by atoms with Gasteiger partial charge in [-0.2, -0.15) is 0 Å². The molecule has 1 aliphatic carbocycles. The first-order chi connectivity index (χ1) is 14.5. The number of imide groups is 1. The molecule has 1 heterocycles. The van der Waals surface area contributed by atoms with Crippen molar-refractivity contribution in [2.75, 3.05) is 6.54 Å². The third-order valence-corrected chi connectivity index (χ3v) is 5.53. The lowest BCUT2D eigenvalue weighted by atomic mass is 9.87. The lowest BCUT2D eigenvalue weighted by Crippen LogP contribution is -2.42. The van der Waals surface area contributed by atoms with Crippen molar-refractivity contribution >= 4 is 23.7 Å². The van der Waals surface area contributed by atoms with E-state index in [1.165, 1.54) is 12.5 Å². The van der Waals surface area contributed by atoms with E-state index < -0.39 is 36.3 Å². The summed E-state index contributed by atoms with van der Waals surface area (Å²) in [6, 6.07) is 14.2. The Hall–Kier alpha value is -3.48. The van der Waals surface area contributed by atoms with E-state index in [1.54, 1.807) is 24.3 Å². The molecule has 154 valence electrons. The molecule has 2 aromatic carbocycles. The second kappa shape index (κ2) is 8.10. The van der Waals surface area contributed by atoms with Crippen LogP contribution >= 0.6 is 0 Å². The zero-order chi connectivity index (χ0) is 21.3. The number of fused-ring (bicyclic) bond motifs is 2. The standard InChI is InChI=1S/C23H22N2O5/c1-14(21(27)24-19-12-6-8-15-7-2-3-9-16(15)19)30-20(26)13-25-22(28)17-10-4-5-11-18(17)23(25)29/h2-5,7,9-11,14,19H,6,8,12-13H2,1H3,(H,24,27)/t14-,19+/m1/s1. The quantitative estimate of drug-likeness (QED) is 0.608. The fraction of sp³-hybridized carbons (Fsp3) is 0.304. The summed E-state index contributed by atoms with van der Waals surface area (Å²) >= 11 is 0. The van der Waals surface area contributed by atoms with Crippen LogP contribution in [0.4, 0.5) is 0 Å². The molecule has 2 atom stereocenters. The number of carbonyl (C=O) groups is 4. The fourth-order valence-electron chi connectivity index (χ4n) is 3.99. The van der Waals surface area contributed by atoms with Crippen molar-refractivity contribution in [1.29, 1.82) is 0 Å². The predicted molar refractivity (Wildman–Crippen MR) is 108 cm³/mol. The Morgan fingerprint density at radius 3 is 2.40 bits per heavy atom. The van der Waals surface area contributed by atoms with Crippen LogP contribution in [-0.2, 0) is 20.7 Å². The largest absolute Gasteiger partial charge is 0.451 e. The Bertz CT molecular complexity index is 997. The summed E-state index contributed by atoms with van der Waals surface area (Å²) in [5.74, 6) is -2.30. The molecule has 30 heavy (non-hydrogen) atoms. The number of aryl methyl sites for hydroxylation is 1. The average Bonchev–Trinajstić information content (AvgIpc) is 2.99. The molecule has 7 heteroatoms. The number of esters is 1. The molecular formula is C23H22N2O5. The molecule has 0 saturated carbocycles. The van der Waals surface area contributed by atoms with Gasteiger partial charge >= 0.3 is 5.97 Å². The van der Waals surface area contributed by atoms with Crippen LogP contribution in [0.2, 0.25) is 0 Å². The molecule has 0 fully saturated rings. The minimum Gasteiger partial charge on any atom is -0.451 e. The molecule has 2 aliphatic rings. The van der Waals surface area contributed by atoms with Gasteiger partial charge in [0, 0.05) is 0 Å². The number of carbonyl (C=O) groups excluding carboxylic acids is 4. The zero-order valence-corrected chi connectivity index (χ0v) is 16.6. The molecule has 4 rings (SSSR count). The SMILES string of the molecule is C[C@@H](OC(=O)CN1C(=O)c2ccccc2C1=O)C(=O)N[C@H]1CCCc2ccccc21. The van der Waals surface area contributed by atoms with Gasteiger partial charge in [0.25, 0.3) is 17.7 Å². The molecule has 1 N–H and O–H groups in total. The third kappa shape index (κ3) is 3.70. The molecule has 0 radical (unpaired) electrons. The van der Waals surface area contributed by atoms with Crippen molar-refractivity contribution < 1.29 is 23.9 Å². The molecule has 7 nitrogen and oxygen atoms in total. The maximum absolute atomic E-state index is 12.6. The Kier molecular flexibility index (Phi) is 5.35. The highest BCUT2D eigenvalue weighted by molar-refractivity contribution is 6.22. The normalized spacial score (nSPS) is 18.4. The van der Waals surface area contributed by atoms with E-state index in [0.717, 1.165) is 29.7 Å². The number of benzene rings is 2. The minimum atomic E-state index is -1.04. The van der Waals surface area contributed by atoms with Crippen molar-refractivity contribution in [1.82, 2.24) is 10.2 Å². The third-order valence-electron chi connectivity index (χ3n) is 5.53. The fourth-order valence-corrected chi connectivity index (χ4v) is 3.99. The molecule has 0 spiro atoms. The zero-order valence-electron chi connectivity index (χ0n) is 16.6. The highest BCUT2D eigenvalue weighted by Gasteiger charge is 2.37. The molecular weight excluding hydrogens is 384 g/mol. The van der Waals surface area contributed by atoms with E-state index >= 15 is 0 Å². The van der Waals surface area contributed by atoms with Crippen LogP contribution in [-0.4, -0.2) is 41.2 Å². The molecule has 0 aromatic heterocycles. The monoisotopic (exact) mass is 406 g/mol. The number of amides is 3. The van der Waals surface area contributed by atoms with Gasteiger partial charge in [0.2, 0.25) is 0 Å². The lowest BCUT2D eigenvalue weighted by Gasteiger charge is -2.27. The highest BCUT2D eigenvalue weighted by Crippen LogP contribution is 2.29. The summed E-state index contributed by atoms with van der Waals surface area (Å²) in [7, 11) is 0. The maximum atomic E-state index is 12.6. The summed E-state index contributed by atoms with van der Waals surface area (Å²) in [6.45, 7) is 0.945. The van der Waals surface area contributed by atoms with Crippen LogP contribution in [0.5, 0.6) is 0 Å². The van der Waals surface area contributed by atoms with Crippen molar-refractivity contribution in [3.63, 3.8) is 0 Å². The van der Waals surface area contributed by atoms with Gasteiger partial charge in [-0.1, -0.05) is 36.4 Å². The number of hydrogen-bond donors (Lipinski definition) is 1. The van der Waals surface area contributed by atoms with Gasteiger partial charge in [0.1, 0.15) is 6.54 Å². The van der Waals surface area contributed by atoms with Crippen molar-refractivity contribution in [2.45, 2.75) is 38.3 Å². The summed E-state index contributed by atoms with van der Waals surface area (Å²) < 4.78 is 5.20. The first-order valence-corrected chi connectivity index (χ1v) is 9.98. The Labute approximate surface area is 174 Å². The second-order valence-corrected chi connectivity index (χ2v) is 7.53. The van der Waals surface area contributed by atoms with E-state index in [0.29, 0.717) is 0 Å². The van der Waals surface area contributed by atoms with Crippen molar-refractivity contribution in [3.05, 3.63) is 70.8 Å². The van der Waals surface area contributed by atoms with Crippen molar-refractivity contribution in [3.8, 4) is 0 Å². The van der Waals surface area contributed by atoms with E-state index in [4.69, 9.17) is 4.74 Å². The van der Waals surface area contributed by atoms with Crippen LogP contribution in [0, 0.1) is 0 Å². The first kappa shape index (κ1) is 19.8. The van der Waals surface area contributed by atoms with E-state index in [9.17, 15) is 19.2 Å². The molecule has 2 aromatic rings. The first-order valence-electron chi connectivity index (χ1n) is 9.98. The number of hydrogen-bond acceptors (Lipinski definition) is 5. The van der Waals surface area contributed by atoms with Crippen LogP contribution in [0.25, 0.3) is 0 Å². The van der Waals surface area contributed by atoms with E-state index in [2.05, 4.69) is 11.4 Å². The lowest BCUT2D eigenvalue weighted by molar-refractivity contribution is -0.155. The molecule has 0 unspecified atom stereocenters. The molecule has 1 aliphatic heterocycles. The van der Waals surface area contributed by atoms with Gasteiger partial charge in [0.05, 0.1) is 17.2 Å². The smallest absolute Gasteiger partial charge is 0.326 e. The van der Waals surface area contributed by atoms with Crippen LogP contribution in [0.15, 0.2) is 48.5 Å². The minimum absolute atomic E-state index is 0.125. The molecule has 3 amide bonds. The predicted octanol–water partition coefficient (Wildman–Crippen LogP) is 2.41. The number of rotatable bonds is 5. The Balaban J connectivity index is 1.35. The summed E-state index contributed by atoms with van der Waals surface area (Å²) in [4.78, 5) is 50.4. The summed E-state index contributed by atoms with van der Waals surface area (Å²) in [6.07, 6.45) is 1.73. The van der Waals surface area contributed by atoms with E-state index in [-0.39, 0.29) is 17.2 Å². The maximum Gasteiger partial charge on any atom is 0.326 e. The highest BCUT2D eigenvalue weighted by atomic mass is 16.5. The molecule has 0 bridgehead atoms. The number of nitrogens with zero attached hydrogens (tertiary/aromatic N) is 1. The topological polar surface area (TPSA) is 92.8 Å². The van der Waals surface area contributed by atoms with Gasteiger partial charge in [-0.25, -0.2) is 0 Å². The van der Waals surface area contributed by atoms with E-state index in [1.807, 2.05) is 18.2 Å². The van der Waals surface area contributed by atoms with Gasteiger partial charge in [-0.3, -0.25) is 24.1 Å². The summed E-state index contributed by atoms with van der Waals surface area (Å²) in [5.41, 5.74) is 2.82. The Morgan fingerprint density at radius 1 is 1.07 bits per heavy atom. The second-order valence-electron chi connectivity index (χ2n) is 7.53. The van der Waals surface area contributed by atoms with Crippen molar-refractivity contribution in [2.24, 2.45) is 0 Å². The molecule has 0 saturated heterocycles. The van der Waals surface area contributed by atoms with Crippen LogP contribution < -0.4 is 5.32 Å². The van der Waals surface area contributed by atoms with Gasteiger partial charge in [0.15, 0.2) is 6.10 Å². The van der Waals surface area contributed by atoms with Crippen LogP contribution in [0.1, 0.15) is 57.7 Å². The number of nitrogens with one attached hydrogen (secondary N) is 1. The Morgan fingerprint density at radius 2 is 1.70 bits per heavy atom. The number of ether oxygens (including phenoxy) is 1. The summed E-state index contributed by atoms with van der Waals surface area (Å²) in [5, 5.41) is 2.94. The average molecular weight is 406 g/mol. The van der Waals surface area contributed by atoms with Gasteiger partial charge in [-0.15, -0.1) is 0 Å². The van der Waals surface area contributed by atoms with Gasteiger partial charge < -0.3 is 10.1 Å². The van der Waals surface area contributed by atoms with Gasteiger partial charge in [-0.05, 0) is 49.4 Å².